The SMILES string of the molecule is COC(=O)c1ccc(C(F)(F)Cl)[nH]c1=O.[Na]. The van der Waals surface area contributed by atoms with Crippen LogP contribution in [0.25, 0.3) is 0 Å². The zero-order valence-electron chi connectivity index (χ0n) is 8.51. The van der Waals surface area contributed by atoms with Gasteiger partial charge >= 0.3 is 11.4 Å². The topological polar surface area (TPSA) is 59.2 Å². The van der Waals surface area contributed by atoms with Gasteiger partial charge in [0.25, 0.3) is 5.56 Å². The molecular weight excluding hydrogens is 255 g/mol. The number of ether oxygens (including phenoxy) is 1. The van der Waals surface area contributed by atoms with Crippen LogP contribution >= 0.6 is 11.6 Å². The van der Waals surface area contributed by atoms with Crippen molar-refractivity contribution in [2.75, 3.05) is 7.11 Å². The molecule has 0 saturated heterocycles. The minimum Gasteiger partial charge on any atom is -0.465 e. The van der Waals surface area contributed by atoms with Gasteiger partial charge in [-0.2, -0.15) is 8.78 Å². The number of H-pyrrole nitrogens is 1. The van der Waals surface area contributed by atoms with Gasteiger partial charge in [-0.3, -0.25) is 4.79 Å². The number of hydrogen-bond donors (Lipinski definition) is 1. The molecule has 0 unspecified atom stereocenters. The Morgan fingerprint density at radius 2 is 2.06 bits per heavy atom. The molecule has 8 heteroatoms. The first kappa shape index (κ1) is 15.6. The maximum absolute atomic E-state index is 12.5. The Labute approximate surface area is 116 Å². The van der Waals surface area contributed by atoms with Crippen molar-refractivity contribution in [3.8, 4) is 0 Å². The zero-order valence-corrected chi connectivity index (χ0v) is 11.3. The molecule has 0 amide bonds. The second-order valence-corrected chi connectivity index (χ2v) is 3.08. The Bertz CT molecular complexity index is 444. The van der Waals surface area contributed by atoms with E-state index in [-0.39, 0.29) is 35.1 Å². The summed E-state index contributed by atoms with van der Waals surface area (Å²) in [7, 11) is 1.08. The molecule has 0 aliphatic carbocycles. The van der Waals surface area contributed by atoms with Crippen molar-refractivity contribution in [3.05, 3.63) is 33.7 Å². The first-order valence-corrected chi connectivity index (χ1v) is 4.13. The summed E-state index contributed by atoms with van der Waals surface area (Å²) in [5.74, 6) is -0.902. The molecule has 1 rings (SSSR count). The largest absolute Gasteiger partial charge is 0.465 e. The molecule has 1 heterocycles. The van der Waals surface area contributed by atoms with E-state index in [1.54, 1.807) is 4.98 Å². The van der Waals surface area contributed by atoms with Gasteiger partial charge in [-0.1, -0.05) is 0 Å². The van der Waals surface area contributed by atoms with Crippen LogP contribution in [0.5, 0.6) is 0 Å². The maximum atomic E-state index is 12.5. The van der Waals surface area contributed by atoms with Crippen LogP contribution in [-0.4, -0.2) is 47.6 Å². The third kappa shape index (κ3) is 3.55. The maximum Gasteiger partial charge on any atom is 0.362 e. The number of pyridine rings is 1. The van der Waals surface area contributed by atoms with Crippen LogP contribution in [0.2, 0.25) is 0 Å². The standard InChI is InChI=1S/C8H6ClF2NO3.Na/c1-15-7(14)4-2-3-5(8(9,10)11)12-6(4)13;/h2-3H,1H3,(H,12,13);. The van der Waals surface area contributed by atoms with Gasteiger partial charge in [0.2, 0.25) is 0 Å². The fourth-order valence-corrected chi connectivity index (χ4v) is 1.02. The minimum absolute atomic E-state index is 0. The Morgan fingerprint density at radius 1 is 1.50 bits per heavy atom. The molecule has 1 aromatic heterocycles. The number of aromatic amines is 1. The van der Waals surface area contributed by atoms with E-state index in [4.69, 9.17) is 0 Å². The van der Waals surface area contributed by atoms with Crippen LogP contribution in [0, 0.1) is 0 Å². The van der Waals surface area contributed by atoms with Gasteiger partial charge in [0.05, 0.1) is 7.11 Å². The monoisotopic (exact) mass is 260 g/mol. The summed E-state index contributed by atoms with van der Waals surface area (Å²) in [6, 6.07) is 1.77. The van der Waals surface area contributed by atoms with Crippen molar-refractivity contribution < 1.29 is 18.3 Å². The molecule has 0 aliphatic heterocycles. The number of carbonyl (C=O) groups excluding carboxylic acids is 1. The Balaban J connectivity index is 0.00000225. The second-order valence-electron chi connectivity index (χ2n) is 2.60. The van der Waals surface area contributed by atoms with E-state index in [0.717, 1.165) is 19.2 Å². The molecule has 0 bridgehead atoms. The predicted octanol–water partition coefficient (Wildman–Crippen LogP) is 1.07. The Kier molecular flexibility index (Phi) is 5.61. The van der Waals surface area contributed by atoms with Crippen LogP contribution in [0.15, 0.2) is 16.9 Å². The number of nitrogens with one attached hydrogen (secondary N) is 1. The number of esters is 1. The van der Waals surface area contributed by atoms with E-state index in [0.29, 0.717) is 0 Å². The van der Waals surface area contributed by atoms with Crippen molar-refractivity contribution in [2.24, 2.45) is 0 Å². The number of alkyl halides is 3. The summed E-state index contributed by atoms with van der Waals surface area (Å²) in [6.07, 6.45) is 0. The van der Waals surface area contributed by atoms with Crippen molar-refractivity contribution in [1.82, 2.24) is 4.98 Å². The smallest absolute Gasteiger partial charge is 0.362 e. The van der Waals surface area contributed by atoms with Crippen molar-refractivity contribution in [1.29, 1.82) is 0 Å². The molecule has 0 atom stereocenters. The van der Waals surface area contributed by atoms with Gasteiger partial charge in [-0.25, -0.2) is 4.79 Å². The van der Waals surface area contributed by atoms with Gasteiger partial charge < -0.3 is 9.72 Å². The van der Waals surface area contributed by atoms with E-state index in [1.165, 1.54) is 0 Å². The molecule has 1 radical (unpaired) electrons. The number of methoxy groups -OCH3 is 1. The number of aromatic nitrogens is 1. The predicted molar refractivity (Wildman–Crippen MR) is 53.9 cm³/mol. The molecular formula is C8H6ClF2NNaO3. The van der Waals surface area contributed by atoms with E-state index in [1.807, 2.05) is 0 Å². The third-order valence-electron chi connectivity index (χ3n) is 1.62. The van der Waals surface area contributed by atoms with Gasteiger partial charge in [0.1, 0.15) is 11.3 Å². The van der Waals surface area contributed by atoms with Crippen molar-refractivity contribution in [3.63, 3.8) is 0 Å². The summed E-state index contributed by atoms with van der Waals surface area (Å²) >= 11 is 4.68. The van der Waals surface area contributed by atoms with Gasteiger partial charge in [0, 0.05) is 29.6 Å². The number of rotatable bonds is 2. The van der Waals surface area contributed by atoms with Crippen LogP contribution in [0.3, 0.4) is 0 Å². The number of hydrogen-bond acceptors (Lipinski definition) is 3. The molecule has 16 heavy (non-hydrogen) atoms. The van der Waals surface area contributed by atoms with Crippen LogP contribution in [-0.2, 0) is 10.1 Å². The third-order valence-corrected chi connectivity index (χ3v) is 1.82. The van der Waals surface area contributed by atoms with Crippen LogP contribution in [0.4, 0.5) is 8.78 Å². The molecule has 0 fully saturated rings. The van der Waals surface area contributed by atoms with Crippen LogP contribution in [0.1, 0.15) is 16.1 Å². The van der Waals surface area contributed by atoms with Crippen molar-refractivity contribution in [2.45, 2.75) is 5.38 Å². The summed E-state index contributed by atoms with van der Waals surface area (Å²) in [6.45, 7) is 0. The fourth-order valence-electron chi connectivity index (χ4n) is 0.910. The summed E-state index contributed by atoms with van der Waals surface area (Å²) in [4.78, 5) is 23.9. The first-order valence-electron chi connectivity index (χ1n) is 3.75. The molecule has 1 N–H and O–H groups in total. The number of carbonyl (C=O) groups is 1. The Hall–Kier alpha value is -0.430. The molecule has 4 nitrogen and oxygen atoms in total. The molecule has 0 saturated carbocycles. The average molecular weight is 261 g/mol. The molecule has 0 aromatic carbocycles. The Morgan fingerprint density at radius 3 is 2.44 bits per heavy atom. The van der Waals surface area contributed by atoms with Gasteiger partial charge in [-0.05, 0) is 23.7 Å². The zero-order chi connectivity index (χ0) is 11.6. The van der Waals surface area contributed by atoms with Crippen LogP contribution < -0.4 is 5.56 Å². The molecule has 0 aliphatic rings. The normalized spacial score (nSPS) is 10.5. The quantitative estimate of drug-likeness (QED) is 0.492. The average Bonchev–Trinajstić information content (AvgIpc) is 2.15. The van der Waals surface area contributed by atoms with E-state index >= 15 is 0 Å². The van der Waals surface area contributed by atoms with E-state index < -0.39 is 22.6 Å². The minimum atomic E-state index is -3.67. The van der Waals surface area contributed by atoms with Gasteiger partial charge in [0.15, 0.2) is 0 Å². The molecule has 0 spiro atoms. The molecule has 83 valence electrons. The molecule has 1 aromatic rings. The van der Waals surface area contributed by atoms with Gasteiger partial charge in [-0.15, -0.1) is 0 Å². The summed E-state index contributed by atoms with van der Waals surface area (Å²) in [5, 5.41) is -3.67. The second kappa shape index (κ2) is 5.77. The summed E-state index contributed by atoms with van der Waals surface area (Å²) in [5.41, 5.74) is -2.11. The number of halogens is 3. The fraction of sp³-hybridized carbons (Fsp3) is 0.250. The summed E-state index contributed by atoms with van der Waals surface area (Å²) < 4.78 is 29.3. The first-order chi connectivity index (χ1) is 6.86. The van der Waals surface area contributed by atoms with E-state index in [9.17, 15) is 18.4 Å². The van der Waals surface area contributed by atoms with Crippen molar-refractivity contribution >= 4 is 47.1 Å². The van der Waals surface area contributed by atoms with E-state index in [2.05, 4.69) is 16.3 Å².